The molecular formula is C33H41F9N8O. The maximum Gasteiger partial charge on any atom is 0.416 e. The highest BCUT2D eigenvalue weighted by Crippen LogP contribution is 2.43. The molecule has 2 aromatic carbocycles. The Bertz CT molecular complexity index is 1560. The van der Waals surface area contributed by atoms with Gasteiger partial charge in [-0.1, -0.05) is 31.9 Å². The summed E-state index contributed by atoms with van der Waals surface area (Å²) in [6.45, 7) is 12.7. The van der Waals surface area contributed by atoms with Gasteiger partial charge in [0.25, 0.3) is 5.95 Å². The van der Waals surface area contributed by atoms with Crippen molar-refractivity contribution in [3.05, 3.63) is 69.8 Å². The van der Waals surface area contributed by atoms with Crippen molar-refractivity contribution in [2.24, 2.45) is 13.0 Å². The molecule has 18 heteroatoms. The third-order valence-corrected chi connectivity index (χ3v) is 8.69. The largest absolute Gasteiger partial charge is 0.416 e. The number of halogens is 9. The normalized spacial score (nSPS) is 18.3. The molecule has 1 aromatic heterocycles. The molecule has 0 saturated heterocycles. The molecule has 0 radical (unpaired) electrons. The SMILES string of the molecule is C#N.CCOCCNC1C(C)C1N(CC)C(CC)c1ccc(C(F)(F)F)cc1CN(Cc1cc(C(F)(F)F)cc(C(F)(F)F)c1)c1nnn(C)n1. The summed E-state index contributed by atoms with van der Waals surface area (Å²) in [5.41, 5.74) is -3.67. The van der Waals surface area contributed by atoms with E-state index in [-0.39, 0.29) is 48.2 Å². The highest BCUT2D eigenvalue weighted by Gasteiger charge is 2.51. The van der Waals surface area contributed by atoms with Gasteiger partial charge in [-0.3, -0.25) is 4.90 Å². The van der Waals surface area contributed by atoms with E-state index in [1.807, 2.05) is 20.8 Å². The van der Waals surface area contributed by atoms with Crippen LogP contribution < -0.4 is 10.2 Å². The van der Waals surface area contributed by atoms with Crippen LogP contribution in [0.1, 0.15) is 73.5 Å². The number of rotatable bonds is 15. The first kappa shape index (κ1) is 41.5. The molecule has 4 rings (SSSR count). The van der Waals surface area contributed by atoms with Gasteiger partial charge < -0.3 is 15.0 Å². The first-order chi connectivity index (χ1) is 23.9. The number of hydrogen-bond acceptors (Lipinski definition) is 8. The number of likely N-dealkylation sites (N-methyl/N-ethyl adjacent to an activating group) is 1. The monoisotopic (exact) mass is 736 g/mol. The lowest BCUT2D eigenvalue weighted by atomic mass is 9.94. The highest BCUT2D eigenvalue weighted by molar-refractivity contribution is 5.42. The molecule has 3 aromatic rings. The van der Waals surface area contributed by atoms with Crippen LogP contribution in [0, 0.1) is 17.8 Å². The van der Waals surface area contributed by atoms with Crippen molar-refractivity contribution < 1.29 is 44.3 Å². The molecule has 0 spiro atoms. The Morgan fingerprint density at radius 2 is 1.51 bits per heavy atom. The van der Waals surface area contributed by atoms with Crippen LogP contribution in [0.2, 0.25) is 0 Å². The maximum absolute atomic E-state index is 14.1. The highest BCUT2D eigenvalue weighted by atomic mass is 19.4. The molecule has 1 aliphatic carbocycles. The summed E-state index contributed by atoms with van der Waals surface area (Å²) < 4.78 is 130. The minimum Gasteiger partial charge on any atom is -0.380 e. The van der Waals surface area contributed by atoms with Gasteiger partial charge in [-0.05, 0) is 78.0 Å². The molecule has 9 nitrogen and oxygen atoms in total. The zero-order chi connectivity index (χ0) is 38.3. The molecule has 1 N–H and O–H groups in total. The number of aromatic nitrogens is 4. The standard InChI is InChI=1S/C32H40F9N7O.CHN/c1-6-26(48(7-2)28-19(4)27(28)42-11-12-49-8-3)25-10-9-22(30(33,34)35)15-21(25)18-47(29-43-45-46(5)44-29)17-20-13-23(31(36,37)38)16-24(14-20)32(39,40)41;1-2/h9-10,13-16,19,26-28,42H,6-8,11-12,17-18H2,1-5H3;1H. The van der Waals surface area contributed by atoms with Gasteiger partial charge in [0.1, 0.15) is 0 Å². The molecule has 0 bridgehead atoms. The lowest BCUT2D eigenvalue weighted by Crippen LogP contribution is -2.37. The quantitative estimate of drug-likeness (QED) is 0.128. The van der Waals surface area contributed by atoms with Crippen LogP contribution in [0.15, 0.2) is 36.4 Å². The Morgan fingerprint density at radius 3 is 2.00 bits per heavy atom. The molecule has 51 heavy (non-hydrogen) atoms. The number of hydrogen-bond donors (Lipinski definition) is 1. The number of anilines is 1. The lowest BCUT2D eigenvalue weighted by Gasteiger charge is -2.34. The molecule has 4 unspecified atom stereocenters. The van der Waals surface area contributed by atoms with Crippen LogP contribution in [0.3, 0.4) is 0 Å². The van der Waals surface area contributed by atoms with Gasteiger partial charge >= 0.3 is 18.5 Å². The van der Waals surface area contributed by atoms with E-state index in [2.05, 4.69) is 39.1 Å². The summed E-state index contributed by atoms with van der Waals surface area (Å²) in [7, 11) is 1.40. The number of aryl methyl sites for hydroxylation is 1. The van der Waals surface area contributed by atoms with E-state index in [1.165, 1.54) is 18.0 Å². The van der Waals surface area contributed by atoms with Gasteiger partial charge in [0, 0.05) is 50.9 Å². The van der Waals surface area contributed by atoms with E-state index < -0.39 is 47.3 Å². The number of nitrogens with one attached hydrogen (secondary N) is 1. The van der Waals surface area contributed by atoms with Crippen LogP contribution >= 0.6 is 0 Å². The zero-order valence-corrected chi connectivity index (χ0v) is 28.7. The summed E-state index contributed by atoms with van der Waals surface area (Å²) in [5, 5.41) is 21.7. The molecule has 1 saturated carbocycles. The van der Waals surface area contributed by atoms with E-state index in [4.69, 9.17) is 10.00 Å². The third kappa shape index (κ3) is 10.5. The summed E-state index contributed by atoms with van der Waals surface area (Å²) in [6, 6.07) is 4.34. The first-order valence-electron chi connectivity index (χ1n) is 16.2. The Labute approximate surface area is 290 Å². The molecular weight excluding hydrogens is 695 g/mol. The van der Waals surface area contributed by atoms with Crippen molar-refractivity contribution in [1.82, 2.24) is 30.4 Å². The van der Waals surface area contributed by atoms with E-state index in [0.29, 0.717) is 50.4 Å². The van der Waals surface area contributed by atoms with Crippen LogP contribution in [-0.4, -0.2) is 63.5 Å². The predicted octanol–water partition coefficient (Wildman–Crippen LogP) is 7.40. The third-order valence-electron chi connectivity index (χ3n) is 8.69. The number of tetrazole rings is 1. The second-order valence-electron chi connectivity index (χ2n) is 12.0. The van der Waals surface area contributed by atoms with Crippen molar-refractivity contribution in [2.75, 3.05) is 31.2 Å². The van der Waals surface area contributed by atoms with Gasteiger partial charge in [0.15, 0.2) is 0 Å². The topological polar surface area (TPSA) is 95.1 Å². The number of nitrogens with zero attached hydrogens (tertiary/aromatic N) is 7. The minimum atomic E-state index is -5.09. The fourth-order valence-electron chi connectivity index (χ4n) is 6.35. The molecule has 4 atom stereocenters. The molecule has 1 fully saturated rings. The average molecular weight is 737 g/mol. The fraction of sp³-hybridized carbons (Fsp3) is 0.576. The summed E-state index contributed by atoms with van der Waals surface area (Å²) in [6.07, 6.45) is -14.4. The number of benzene rings is 2. The predicted molar refractivity (Wildman–Crippen MR) is 170 cm³/mol. The van der Waals surface area contributed by atoms with Gasteiger partial charge in [0.05, 0.1) is 30.3 Å². The molecule has 0 aliphatic heterocycles. The van der Waals surface area contributed by atoms with E-state index in [1.54, 1.807) is 0 Å². The van der Waals surface area contributed by atoms with E-state index in [0.717, 1.165) is 16.9 Å². The Morgan fingerprint density at radius 1 is 0.902 bits per heavy atom. The molecule has 0 amide bonds. The Balaban J connectivity index is 0.00000345. The van der Waals surface area contributed by atoms with Crippen molar-refractivity contribution in [3.63, 3.8) is 0 Å². The lowest BCUT2D eigenvalue weighted by molar-refractivity contribution is -0.143. The maximum atomic E-state index is 14.1. The number of alkyl halides is 9. The second-order valence-corrected chi connectivity index (χ2v) is 12.0. The van der Waals surface area contributed by atoms with E-state index >= 15 is 0 Å². The summed E-state index contributed by atoms with van der Waals surface area (Å²) >= 11 is 0. The van der Waals surface area contributed by atoms with Crippen LogP contribution in [0.5, 0.6) is 0 Å². The van der Waals surface area contributed by atoms with Crippen molar-refractivity contribution in [3.8, 4) is 6.57 Å². The molecule has 282 valence electrons. The Hall–Kier alpha value is -3.95. The van der Waals surface area contributed by atoms with Gasteiger partial charge in [-0.25, -0.2) is 5.26 Å². The molecule has 1 heterocycles. The number of ether oxygens (including phenoxy) is 1. The van der Waals surface area contributed by atoms with Crippen molar-refractivity contribution >= 4 is 5.95 Å². The van der Waals surface area contributed by atoms with E-state index in [9.17, 15) is 39.5 Å². The van der Waals surface area contributed by atoms with Gasteiger partial charge in [0.2, 0.25) is 0 Å². The van der Waals surface area contributed by atoms with Crippen molar-refractivity contribution in [1.29, 1.82) is 5.26 Å². The smallest absolute Gasteiger partial charge is 0.380 e. The van der Waals surface area contributed by atoms with Gasteiger partial charge in [-0.15, -0.1) is 5.10 Å². The fourth-order valence-corrected chi connectivity index (χ4v) is 6.35. The van der Waals surface area contributed by atoms with Crippen LogP contribution in [0.25, 0.3) is 0 Å². The summed E-state index contributed by atoms with van der Waals surface area (Å²) in [5.74, 6) is 0.0455. The van der Waals surface area contributed by atoms with Crippen molar-refractivity contribution in [2.45, 2.75) is 83.9 Å². The first-order valence-corrected chi connectivity index (χ1v) is 16.2. The summed E-state index contributed by atoms with van der Waals surface area (Å²) in [4.78, 5) is 4.47. The second kappa shape index (κ2) is 17.0. The number of nitriles is 1. The van der Waals surface area contributed by atoms with Crippen LogP contribution in [0.4, 0.5) is 45.5 Å². The van der Waals surface area contributed by atoms with Crippen LogP contribution in [-0.2, 0) is 43.4 Å². The minimum absolute atomic E-state index is 0.0162. The average Bonchev–Trinajstić information content (AvgIpc) is 3.46. The van der Waals surface area contributed by atoms with Gasteiger partial charge in [-0.2, -0.15) is 44.3 Å². The zero-order valence-electron chi connectivity index (χ0n) is 28.7. The Kier molecular flexibility index (Phi) is 13.9. The molecule has 1 aliphatic rings.